The van der Waals surface area contributed by atoms with E-state index < -0.39 is 10.0 Å². The first-order valence-electron chi connectivity index (χ1n) is 29.4. The number of aromatic nitrogens is 12. The maximum Gasteiger partial charge on any atom is 1.00 e. The van der Waals surface area contributed by atoms with Crippen molar-refractivity contribution in [3.05, 3.63) is 114 Å². The molecule has 4 fully saturated rings. The monoisotopic (exact) mass is 1470 g/mol. The average molecular weight is 1470 g/mol. The van der Waals surface area contributed by atoms with Crippen molar-refractivity contribution in [3.8, 4) is 45.3 Å². The van der Waals surface area contributed by atoms with Gasteiger partial charge in [0.1, 0.15) is 17.3 Å². The van der Waals surface area contributed by atoms with Gasteiger partial charge in [-0.3, -0.25) is 14.2 Å². The normalized spacial score (nSPS) is 19.0. The van der Waals surface area contributed by atoms with Gasteiger partial charge in [0.2, 0.25) is 0 Å². The summed E-state index contributed by atoms with van der Waals surface area (Å²) in [6.45, 7) is 22.9. The van der Waals surface area contributed by atoms with Gasteiger partial charge in [0.25, 0.3) is 16.5 Å². The van der Waals surface area contributed by atoms with E-state index in [0.29, 0.717) is 73.3 Å². The van der Waals surface area contributed by atoms with Crippen molar-refractivity contribution in [2.75, 3.05) is 89.6 Å². The second-order valence-electron chi connectivity index (χ2n) is 23.0. The first kappa shape index (κ1) is 71.0. The van der Waals surface area contributed by atoms with Crippen LogP contribution in [0.25, 0.3) is 67.4 Å². The van der Waals surface area contributed by atoms with E-state index in [4.69, 9.17) is 49.7 Å². The number of hydrogen-bond donors (Lipinski definition) is 1. The van der Waals surface area contributed by atoms with Crippen LogP contribution in [0.15, 0.2) is 90.3 Å². The van der Waals surface area contributed by atoms with Crippen LogP contribution in [-0.2, 0) is 29.2 Å². The molecule has 0 bridgehead atoms. The molecule has 4 aliphatic heterocycles. The smallest absolute Gasteiger partial charge is 1.00 e. The van der Waals surface area contributed by atoms with Crippen LogP contribution in [-0.4, -0.2) is 175 Å². The summed E-state index contributed by atoms with van der Waals surface area (Å²) >= 11 is 0. The van der Waals surface area contributed by atoms with Crippen LogP contribution < -0.4 is 153 Å². The molecule has 0 spiro atoms. The number of likely N-dealkylation sites (tertiary alicyclic amines) is 2. The number of carbonyl (C=O) groups is 1. The number of piperidine rings is 2. The number of H-pyrrole nitrogens is 1. The molecule has 12 heterocycles. The predicted molar refractivity (Wildman–Crippen MR) is 335 cm³/mol. The molecule has 4 atom stereocenters. The minimum absolute atomic E-state index is 0. The maximum absolute atomic E-state index is 13.7. The summed E-state index contributed by atoms with van der Waals surface area (Å²) < 4.78 is 44.5. The van der Waals surface area contributed by atoms with Gasteiger partial charge in [0, 0.05) is 108 Å². The molecule has 9 aromatic rings. The van der Waals surface area contributed by atoms with Crippen LogP contribution in [0.2, 0.25) is 0 Å². The Bertz CT molecular complexity index is 4010. The fourth-order valence-corrected chi connectivity index (χ4v) is 13.9. The first-order chi connectivity index (χ1) is 41.5. The summed E-state index contributed by atoms with van der Waals surface area (Å²) in [4.78, 5) is 53.5. The number of pyridine rings is 2. The quantitative estimate of drug-likeness (QED) is 0.111. The maximum atomic E-state index is 13.7. The molecule has 2 unspecified atom stereocenters. The van der Waals surface area contributed by atoms with E-state index in [1.165, 1.54) is 16.1 Å². The Hall–Kier alpha value is -3.90. The van der Waals surface area contributed by atoms with Crippen LogP contribution in [0.3, 0.4) is 0 Å². The summed E-state index contributed by atoms with van der Waals surface area (Å²) in [5, 5.41) is 20.2. The van der Waals surface area contributed by atoms with E-state index >= 15 is 0 Å². The number of nitrogens with zero attached hydrogens (tertiary/aromatic N) is 15. The Balaban J connectivity index is 0.000000237. The van der Waals surface area contributed by atoms with Crippen LogP contribution >= 0.6 is 0 Å². The molecule has 0 saturated carbocycles. The molecule has 1 N–H and O–H groups in total. The van der Waals surface area contributed by atoms with Crippen LogP contribution in [0.5, 0.6) is 0 Å². The Morgan fingerprint density at radius 2 is 1.17 bits per heavy atom. The SMILES string of the molecule is C.Cc1ccc(S(=O)(=O)n2ccc3c(-c4nc(-c5c(C)nn(C6CCCN(C)C6)c5C)cc(N5CCOC[C@H]5C)n4)ccnc32)cc1.Cc1nn(C2CCCN(C)C2)c(C)c1-c1cc(N2CCOC[C@H]2C)nc(-c2ccnc3[nH]ccc23)n1.O=CO[O-].[Cs+].[Cs+].[H-]. The van der Waals surface area contributed by atoms with E-state index in [9.17, 15) is 8.42 Å². The number of likely N-dealkylation sites (N-methyl/N-ethyl adjacent to an activating group) is 2. The van der Waals surface area contributed by atoms with Gasteiger partial charge < -0.3 is 45.6 Å². The molecule has 13 rings (SSSR count). The summed E-state index contributed by atoms with van der Waals surface area (Å²) in [5.74, 6) is 2.94. The van der Waals surface area contributed by atoms with Crippen molar-refractivity contribution in [3.63, 3.8) is 0 Å². The molecule has 1 aromatic carbocycles. The summed E-state index contributed by atoms with van der Waals surface area (Å²) in [7, 11) is 0.495. The third-order valence-corrected chi connectivity index (χ3v) is 18.6. The number of anilines is 2. The van der Waals surface area contributed by atoms with Gasteiger partial charge in [-0.15, -0.1) is 0 Å². The van der Waals surface area contributed by atoms with Gasteiger partial charge in [-0.25, -0.2) is 42.3 Å². The van der Waals surface area contributed by atoms with Gasteiger partial charge in [-0.2, -0.15) is 10.2 Å². The van der Waals surface area contributed by atoms with Gasteiger partial charge in [0.15, 0.2) is 17.3 Å². The minimum atomic E-state index is -3.87. The van der Waals surface area contributed by atoms with E-state index in [0.717, 1.165) is 125 Å². The number of aryl methyl sites for hydroxylation is 3. The Labute approximate surface area is 640 Å². The van der Waals surface area contributed by atoms with Crippen LogP contribution in [0.4, 0.5) is 11.6 Å². The van der Waals surface area contributed by atoms with Crippen LogP contribution in [0, 0.1) is 34.6 Å². The molecule has 89 heavy (non-hydrogen) atoms. The molecule has 0 amide bonds. The molecule has 23 nitrogen and oxygen atoms in total. The fourth-order valence-electron chi connectivity index (χ4n) is 12.6. The van der Waals surface area contributed by atoms with Crippen molar-refractivity contribution in [2.45, 2.75) is 111 Å². The van der Waals surface area contributed by atoms with E-state index in [2.05, 4.69) is 110 Å². The van der Waals surface area contributed by atoms with Gasteiger partial charge >= 0.3 is 138 Å². The molecule has 4 aliphatic rings. The zero-order chi connectivity index (χ0) is 60.4. The molecule has 26 heteroatoms. The molecular weight excluding hydrogens is 1390 g/mol. The van der Waals surface area contributed by atoms with Gasteiger partial charge in [-0.1, -0.05) is 25.1 Å². The minimum Gasteiger partial charge on any atom is -1.00 e. The number of hydrogen-bond acceptors (Lipinski definition) is 19. The number of rotatable bonds is 11. The van der Waals surface area contributed by atoms with Crippen molar-refractivity contribution < 1.29 is 172 Å². The number of ether oxygens (including phenoxy) is 2. The van der Waals surface area contributed by atoms with Crippen molar-refractivity contribution in [2.24, 2.45) is 0 Å². The molecule has 8 aromatic heterocycles. The zero-order valence-corrected chi connectivity index (χ0v) is 65.7. The summed E-state index contributed by atoms with van der Waals surface area (Å²) in [6.07, 6.45) is 11.5. The third kappa shape index (κ3) is 15.4. The predicted octanol–water partition coefficient (Wildman–Crippen LogP) is 2.19. The van der Waals surface area contributed by atoms with E-state index in [1.807, 2.05) is 44.4 Å². The summed E-state index contributed by atoms with van der Waals surface area (Å²) in [5.41, 5.74) is 11.8. The second-order valence-corrected chi connectivity index (χ2v) is 24.8. The molecule has 0 aliphatic carbocycles. The Kier molecular flexibility index (Phi) is 25.0. The third-order valence-electron chi connectivity index (χ3n) is 16.9. The van der Waals surface area contributed by atoms with E-state index in [-0.39, 0.29) is 170 Å². The zero-order valence-electron chi connectivity index (χ0n) is 53.3. The number of carbonyl (C=O) groups excluding carboxylic acids is 1. The van der Waals surface area contributed by atoms with Crippen LogP contribution in [0.1, 0.15) is 88.8 Å². The Morgan fingerprint density at radius 3 is 1.65 bits per heavy atom. The standard InChI is InChI=1S/C34H40N8O3S.C27H34N8O.CH2O3.CH4.2Cs.H/c1-22-8-10-27(11-9-22)46(43,44)41-16-13-29-28(12-14-35-34(29)41)33-36-30(19-31(37-33)40-17-18-45-21-23(40)2)32-24(3)38-42(25(32)4)26-7-6-15-39(5)20-26;1-17-16-36-13-12-34(17)24-14-23(30-27(31-24)22-8-10-29-26-21(22)7-9-28-26)25-18(2)32-35(19(25)3)20-6-5-11-33(4)15-20;2-1-4-3;;;;/h8-14,16,19,23,26H,6-7,15,17-18,20-21H2,1-5H3;7-10,14,17,20H,5-6,11-13,15-16H2,1-4H3,(H,28,29);1,3H;1H4;;;/q;;;;2*+1;-1/p-1/t23-,26?;17-,20?;;;;;/m11...../s1. The number of aromatic amines is 1. The Morgan fingerprint density at radius 1 is 0.674 bits per heavy atom. The largest absolute Gasteiger partial charge is 1.00 e. The topological polar surface area (TPSA) is 249 Å². The van der Waals surface area contributed by atoms with Crippen molar-refractivity contribution in [1.29, 1.82) is 0 Å². The molecule has 4 saturated heterocycles. The molecule has 462 valence electrons. The number of morpholine rings is 2. The summed E-state index contributed by atoms with van der Waals surface area (Å²) in [6, 6.07) is 19.8. The van der Waals surface area contributed by atoms with Crippen molar-refractivity contribution >= 4 is 50.2 Å². The van der Waals surface area contributed by atoms with Gasteiger partial charge in [0.05, 0.1) is 78.3 Å². The van der Waals surface area contributed by atoms with Gasteiger partial charge in [-0.05, 0) is 138 Å². The molecule has 0 radical (unpaired) electrons. The molecular formula is C63H80Cs2N16O7S. The van der Waals surface area contributed by atoms with E-state index in [1.54, 1.807) is 42.7 Å². The second kappa shape index (κ2) is 31.4. The number of benzene rings is 1. The average Bonchev–Trinajstić information content (AvgIpc) is 1.84. The number of nitrogens with one attached hydrogen (secondary N) is 1. The van der Waals surface area contributed by atoms with Crippen molar-refractivity contribution in [1.82, 2.24) is 68.2 Å². The number of fused-ring (bicyclic) bond motifs is 2. The fraction of sp³-hybridized carbons (Fsp3) is 0.444. The first-order valence-corrected chi connectivity index (χ1v) is 30.9.